The highest BCUT2D eigenvalue weighted by atomic mass is 28.4. The van der Waals surface area contributed by atoms with Crippen LogP contribution >= 0.6 is 0 Å². The Morgan fingerprint density at radius 1 is 0.690 bits per heavy atom. The summed E-state index contributed by atoms with van der Waals surface area (Å²) in [6.07, 6.45) is 6.33. The molecule has 0 amide bonds. The molecule has 0 saturated heterocycles. The van der Waals surface area contributed by atoms with Crippen molar-refractivity contribution in [3.63, 3.8) is 0 Å². The molecule has 0 radical (unpaired) electrons. The predicted octanol–water partition coefficient (Wildman–Crippen LogP) is 3.72. The minimum absolute atomic E-state index is 0.298. The molecule has 0 aromatic heterocycles. The van der Waals surface area contributed by atoms with Crippen LogP contribution in [-0.4, -0.2) is 52.7 Å². The van der Waals surface area contributed by atoms with E-state index >= 15 is 0 Å². The summed E-state index contributed by atoms with van der Waals surface area (Å²) >= 11 is 0. The molecule has 164 valence electrons. The van der Waals surface area contributed by atoms with E-state index in [-0.39, 0.29) is 0 Å². The summed E-state index contributed by atoms with van der Waals surface area (Å²) in [6, 6.07) is 2.38. The first-order chi connectivity index (χ1) is 13.9. The fourth-order valence-corrected chi connectivity index (χ4v) is 6.97. The lowest BCUT2D eigenvalue weighted by atomic mass is 10.5. The molecule has 0 aliphatic heterocycles. The number of hydrogen-bond donors (Lipinski definition) is 0. The number of rotatable bonds is 18. The number of carbonyl (C=O) groups excluding carboxylic acids is 3. The zero-order chi connectivity index (χ0) is 22.0. The first-order valence-corrected chi connectivity index (χ1v) is 12.5. The lowest BCUT2D eigenvalue weighted by Gasteiger charge is -2.32. The van der Waals surface area contributed by atoms with Crippen LogP contribution in [0.4, 0.5) is 0 Å². The summed E-state index contributed by atoms with van der Waals surface area (Å²) in [4.78, 5) is 33.7. The second-order valence-electron chi connectivity index (χ2n) is 6.46. The molecule has 0 bridgehead atoms. The van der Waals surface area contributed by atoms with Crippen LogP contribution in [0.15, 0.2) is 38.0 Å². The Kier molecular flexibility index (Phi) is 15.5. The Morgan fingerprint density at radius 2 is 1.03 bits per heavy atom. The third-order valence-electron chi connectivity index (χ3n) is 4.18. The van der Waals surface area contributed by atoms with Gasteiger partial charge < -0.3 is 18.6 Å². The molecule has 0 aromatic carbocycles. The Bertz CT molecular complexity index is 476. The molecule has 0 N–H and O–H groups in total. The van der Waals surface area contributed by atoms with Gasteiger partial charge >= 0.3 is 17.9 Å². The highest BCUT2D eigenvalue weighted by Crippen LogP contribution is 2.28. The van der Waals surface area contributed by atoms with Crippen molar-refractivity contribution in [3.05, 3.63) is 38.0 Å². The summed E-state index contributed by atoms with van der Waals surface area (Å²) in [5, 5.41) is 0. The highest BCUT2D eigenvalue weighted by molar-refractivity contribution is 6.73. The first kappa shape index (κ1) is 26.8. The van der Waals surface area contributed by atoms with Gasteiger partial charge in [-0.3, -0.25) is 0 Å². The minimum Gasteiger partial charge on any atom is -0.463 e. The van der Waals surface area contributed by atoms with Crippen molar-refractivity contribution in [3.8, 4) is 0 Å². The summed E-state index contributed by atoms with van der Waals surface area (Å²) in [5.74, 6) is -1.33. The fraction of sp³-hybridized carbons (Fsp3) is 0.571. The van der Waals surface area contributed by atoms with Crippen molar-refractivity contribution < 1.29 is 33.0 Å². The number of ether oxygens (including phenoxy) is 3. The second kappa shape index (κ2) is 16.7. The van der Waals surface area contributed by atoms with E-state index in [1.165, 1.54) is 0 Å². The lowest BCUT2D eigenvalue weighted by molar-refractivity contribution is -0.138. The molecule has 29 heavy (non-hydrogen) atoms. The standard InChI is InChI=1S/C21H34O7Si/c1-5-12-28-29(16-9-13-25-19(22)6-2,17-10-14-26-20(23)7-3)18-11-15-27-21(24)8-4/h6-8H,2-5,9-18H2,1H3. The molecule has 0 aromatic rings. The second-order valence-corrected chi connectivity index (χ2v) is 10.6. The molecule has 0 saturated carbocycles. The van der Waals surface area contributed by atoms with Gasteiger partial charge in [-0.1, -0.05) is 26.7 Å². The zero-order valence-corrected chi connectivity index (χ0v) is 18.5. The van der Waals surface area contributed by atoms with Gasteiger partial charge in [0.15, 0.2) is 8.32 Å². The van der Waals surface area contributed by atoms with Crippen LogP contribution in [0, 0.1) is 0 Å². The Morgan fingerprint density at radius 3 is 1.31 bits per heavy atom. The van der Waals surface area contributed by atoms with E-state index in [4.69, 9.17) is 18.6 Å². The maximum Gasteiger partial charge on any atom is 0.330 e. The van der Waals surface area contributed by atoms with Gasteiger partial charge in [-0.2, -0.15) is 0 Å². The van der Waals surface area contributed by atoms with Gasteiger partial charge in [0.05, 0.1) is 19.8 Å². The van der Waals surface area contributed by atoms with Gasteiger partial charge in [-0.05, 0) is 43.8 Å². The molecule has 0 spiro atoms. The maximum atomic E-state index is 11.2. The average Bonchev–Trinajstić information content (AvgIpc) is 2.74. The van der Waals surface area contributed by atoms with Crippen LogP contribution in [0.5, 0.6) is 0 Å². The zero-order valence-electron chi connectivity index (χ0n) is 17.5. The third kappa shape index (κ3) is 13.6. The molecule has 7 nitrogen and oxygen atoms in total. The summed E-state index contributed by atoms with van der Waals surface area (Å²) < 4.78 is 21.6. The van der Waals surface area contributed by atoms with Crippen molar-refractivity contribution in [2.24, 2.45) is 0 Å². The van der Waals surface area contributed by atoms with Crippen LogP contribution in [0.1, 0.15) is 32.6 Å². The minimum atomic E-state index is -2.21. The monoisotopic (exact) mass is 426 g/mol. The van der Waals surface area contributed by atoms with Crippen molar-refractivity contribution in [2.45, 2.75) is 50.7 Å². The fourth-order valence-electron chi connectivity index (χ4n) is 2.79. The van der Waals surface area contributed by atoms with E-state index in [0.29, 0.717) is 45.7 Å². The van der Waals surface area contributed by atoms with Gasteiger partial charge in [0.1, 0.15) is 0 Å². The smallest absolute Gasteiger partial charge is 0.330 e. The van der Waals surface area contributed by atoms with Crippen molar-refractivity contribution in [1.29, 1.82) is 0 Å². The van der Waals surface area contributed by atoms with Gasteiger partial charge in [0, 0.05) is 24.8 Å². The maximum absolute atomic E-state index is 11.2. The molecule has 0 atom stereocenters. The van der Waals surface area contributed by atoms with Crippen LogP contribution in [0.3, 0.4) is 0 Å². The average molecular weight is 427 g/mol. The first-order valence-electron chi connectivity index (χ1n) is 9.94. The molecule has 0 fully saturated rings. The van der Waals surface area contributed by atoms with Gasteiger partial charge in [-0.25, -0.2) is 14.4 Å². The van der Waals surface area contributed by atoms with E-state index in [1.807, 2.05) is 6.92 Å². The Hall–Kier alpha value is -2.19. The summed E-state index contributed by atoms with van der Waals surface area (Å²) in [7, 11) is -2.21. The van der Waals surface area contributed by atoms with Gasteiger partial charge in [0.2, 0.25) is 0 Å². The highest BCUT2D eigenvalue weighted by Gasteiger charge is 2.34. The van der Waals surface area contributed by atoms with Crippen LogP contribution < -0.4 is 0 Å². The van der Waals surface area contributed by atoms with Crippen molar-refractivity contribution >= 4 is 26.2 Å². The number of esters is 3. The summed E-state index contributed by atoms with van der Waals surface area (Å²) in [6.45, 7) is 13.7. The quantitative estimate of drug-likeness (QED) is 0.108. The SMILES string of the molecule is C=CC(=O)OCCC[Si](CCCOC(=O)C=C)(CCCOC(=O)C=C)OCCC. The molecule has 0 aliphatic carbocycles. The normalized spacial score (nSPS) is 10.7. The molecular weight excluding hydrogens is 392 g/mol. The van der Waals surface area contributed by atoms with Crippen LogP contribution in [-0.2, 0) is 33.0 Å². The lowest BCUT2D eigenvalue weighted by Crippen LogP contribution is -2.39. The van der Waals surface area contributed by atoms with E-state index < -0.39 is 26.2 Å². The Labute approximate surface area is 174 Å². The third-order valence-corrected chi connectivity index (χ3v) is 8.79. The number of hydrogen-bond acceptors (Lipinski definition) is 7. The van der Waals surface area contributed by atoms with E-state index in [0.717, 1.165) is 42.8 Å². The van der Waals surface area contributed by atoms with E-state index in [1.54, 1.807) is 0 Å². The van der Waals surface area contributed by atoms with Crippen molar-refractivity contribution in [1.82, 2.24) is 0 Å². The van der Waals surface area contributed by atoms with Crippen LogP contribution in [0.25, 0.3) is 0 Å². The van der Waals surface area contributed by atoms with Gasteiger partial charge in [0.25, 0.3) is 0 Å². The molecule has 0 heterocycles. The summed E-state index contributed by atoms with van der Waals surface area (Å²) in [5.41, 5.74) is 0. The predicted molar refractivity (Wildman–Crippen MR) is 114 cm³/mol. The molecule has 0 aliphatic rings. The van der Waals surface area contributed by atoms with Gasteiger partial charge in [-0.15, -0.1) is 0 Å². The number of carbonyl (C=O) groups is 3. The van der Waals surface area contributed by atoms with E-state index in [2.05, 4.69) is 19.7 Å². The molecule has 0 rings (SSSR count). The largest absolute Gasteiger partial charge is 0.463 e. The van der Waals surface area contributed by atoms with Crippen molar-refractivity contribution in [2.75, 3.05) is 26.4 Å². The molecular formula is C21H34O7Si. The Balaban J connectivity index is 4.88. The topological polar surface area (TPSA) is 88.1 Å². The molecule has 0 unspecified atom stereocenters. The molecule has 8 heteroatoms. The van der Waals surface area contributed by atoms with Crippen LogP contribution in [0.2, 0.25) is 18.1 Å². The van der Waals surface area contributed by atoms with E-state index in [9.17, 15) is 14.4 Å².